The molecular weight excluding hydrogens is 372 g/mol. The van der Waals surface area contributed by atoms with Gasteiger partial charge in [-0.25, -0.2) is 4.98 Å². The molecule has 0 radical (unpaired) electrons. The number of benzene rings is 2. The highest BCUT2D eigenvalue weighted by Gasteiger charge is 2.30. The topological polar surface area (TPSA) is 64.8 Å². The standard InChI is InChI=1S/C25H26N4O/c1-17-20(19-11-5-6-12-21(19)27-17)15-24(30)29-14-8-7-13-23(29)25-26-16-22(28-25)18-9-3-2-4-10-18/h2-6,9-12,16,23,27H,7-8,13-15H2,1H3,(H,26,28)/t23-/m1/s1. The highest BCUT2D eigenvalue weighted by atomic mass is 16.2. The molecule has 0 bridgehead atoms. The Labute approximate surface area is 176 Å². The number of nitrogens with one attached hydrogen (secondary N) is 2. The number of fused-ring (bicyclic) bond motifs is 1. The average Bonchev–Trinajstić information content (AvgIpc) is 3.40. The molecule has 5 rings (SSSR count). The maximum atomic E-state index is 13.4. The van der Waals surface area contributed by atoms with Crippen molar-refractivity contribution < 1.29 is 4.79 Å². The molecule has 1 fully saturated rings. The van der Waals surface area contributed by atoms with Gasteiger partial charge in [0.2, 0.25) is 5.91 Å². The maximum Gasteiger partial charge on any atom is 0.227 e. The third kappa shape index (κ3) is 3.41. The third-order valence-corrected chi connectivity index (χ3v) is 6.17. The van der Waals surface area contributed by atoms with Crippen LogP contribution < -0.4 is 0 Å². The number of para-hydroxylation sites is 1. The molecule has 5 heteroatoms. The summed E-state index contributed by atoms with van der Waals surface area (Å²) in [6, 6.07) is 18.4. The van der Waals surface area contributed by atoms with E-state index in [0.29, 0.717) is 6.42 Å². The van der Waals surface area contributed by atoms with E-state index in [1.807, 2.05) is 41.4 Å². The number of amides is 1. The summed E-state index contributed by atoms with van der Waals surface area (Å²) in [5, 5.41) is 1.14. The van der Waals surface area contributed by atoms with Crippen LogP contribution in [0.3, 0.4) is 0 Å². The van der Waals surface area contributed by atoms with Crippen molar-refractivity contribution in [1.82, 2.24) is 19.9 Å². The predicted molar refractivity (Wildman–Crippen MR) is 119 cm³/mol. The van der Waals surface area contributed by atoms with E-state index in [2.05, 4.69) is 46.1 Å². The van der Waals surface area contributed by atoms with Gasteiger partial charge in [0.1, 0.15) is 5.82 Å². The second-order valence-corrected chi connectivity index (χ2v) is 8.10. The molecule has 2 aromatic heterocycles. The van der Waals surface area contributed by atoms with Crippen LogP contribution in [0.25, 0.3) is 22.2 Å². The van der Waals surface area contributed by atoms with Crippen LogP contribution in [0, 0.1) is 6.92 Å². The predicted octanol–water partition coefficient (Wildman–Crippen LogP) is 5.16. The first kappa shape index (κ1) is 18.7. The first-order valence-electron chi connectivity index (χ1n) is 10.7. The van der Waals surface area contributed by atoms with Crippen LogP contribution in [0.15, 0.2) is 60.8 Å². The lowest BCUT2D eigenvalue weighted by atomic mass is 9.99. The summed E-state index contributed by atoms with van der Waals surface area (Å²) >= 11 is 0. The van der Waals surface area contributed by atoms with E-state index in [-0.39, 0.29) is 11.9 Å². The molecule has 1 aliphatic heterocycles. The van der Waals surface area contributed by atoms with Crippen LogP contribution in [0.5, 0.6) is 0 Å². The molecule has 0 saturated carbocycles. The van der Waals surface area contributed by atoms with Crippen molar-refractivity contribution in [2.45, 2.75) is 38.6 Å². The van der Waals surface area contributed by atoms with Gasteiger partial charge in [-0.05, 0) is 43.4 Å². The number of carbonyl (C=O) groups excluding carboxylic acids is 1. The number of imidazole rings is 1. The van der Waals surface area contributed by atoms with Gasteiger partial charge in [0, 0.05) is 23.1 Å². The molecular formula is C25H26N4O. The highest BCUT2D eigenvalue weighted by Crippen LogP contribution is 2.32. The normalized spacial score (nSPS) is 16.8. The smallest absolute Gasteiger partial charge is 0.227 e. The Morgan fingerprint density at radius 3 is 2.73 bits per heavy atom. The second-order valence-electron chi connectivity index (χ2n) is 8.10. The number of rotatable bonds is 4. The van der Waals surface area contributed by atoms with E-state index in [1.165, 1.54) is 0 Å². The summed E-state index contributed by atoms with van der Waals surface area (Å²) in [5.74, 6) is 1.06. The number of aromatic amines is 2. The Hall–Kier alpha value is -3.34. The van der Waals surface area contributed by atoms with Gasteiger partial charge in [0.05, 0.1) is 24.4 Å². The van der Waals surface area contributed by atoms with E-state index < -0.39 is 0 Å². The van der Waals surface area contributed by atoms with Gasteiger partial charge in [0.25, 0.3) is 0 Å². The first-order chi connectivity index (χ1) is 14.7. The number of hydrogen-bond acceptors (Lipinski definition) is 2. The number of aryl methyl sites for hydroxylation is 1. The van der Waals surface area contributed by atoms with Gasteiger partial charge in [-0.2, -0.15) is 0 Å². The first-order valence-corrected chi connectivity index (χ1v) is 10.7. The number of piperidine rings is 1. The van der Waals surface area contributed by atoms with E-state index in [1.54, 1.807) is 0 Å². The Morgan fingerprint density at radius 2 is 1.87 bits per heavy atom. The Bertz CT molecular complexity index is 1170. The number of hydrogen-bond donors (Lipinski definition) is 2. The van der Waals surface area contributed by atoms with Crippen molar-refractivity contribution in [3.05, 3.63) is 77.9 Å². The summed E-state index contributed by atoms with van der Waals surface area (Å²) in [4.78, 5) is 27.0. The van der Waals surface area contributed by atoms with Crippen LogP contribution in [0.4, 0.5) is 0 Å². The molecule has 2 aromatic carbocycles. The number of H-pyrrole nitrogens is 2. The van der Waals surface area contributed by atoms with Crippen molar-refractivity contribution in [1.29, 1.82) is 0 Å². The summed E-state index contributed by atoms with van der Waals surface area (Å²) in [7, 11) is 0. The van der Waals surface area contributed by atoms with Crippen LogP contribution in [-0.2, 0) is 11.2 Å². The van der Waals surface area contributed by atoms with Crippen molar-refractivity contribution in [3.63, 3.8) is 0 Å². The lowest BCUT2D eigenvalue weighted by Crippen LogP contribution is -2.39. The molecule has 1 aliphatic rings. The van der Waals surface area contributed by atoms with Gasteiger partial charge in [-0.15, -0.1) is 0 Å². The van der Waals surface area contributed by atoms with Crippen LogP contribution in [0.1, 0.15) is 42.4 Å². The van der Waals surface area contributed by atoms with Crippen molar-refractivity contribution in [3.8, 4) is 11.3 Å². The van der Waals surface area contributed by atoms with Crippen molar-refractivity contribution >= 4 is 16.8 Å². The maximum absolute atomic E-state index is 13.4. The Balaban J connectivity index is 1.41. The van der Waals surface area contributed by atoms with Gasteiger partial charge in [-0.3, -0.25) is 4.79 Å². The van der Waals surface area contributed by atoms with Crippen LogP contribution in [0.2, 0.25) is 0 Å². The van der Waals surface area contributed by atoms with E-state index in [4.69, 9.17) is 0 Å². The van der Waals surface area contributed by atoms with Crippen molar-refractivity contribution in [2.24, 2.45) is 0 Å². The zero-order valence-corrected chi connectivity index (χ0v) is 17.2. The molecule has 2 N–H and O–H groups in total. The fraction of sp³-hybridized carbons (Fsp3) is 0.280. The molecule has 0 unspecified atom stereocenters. The van der Waals surface area contributed by atoms with Crippen LogP contribution in [-0.4, -0.2) is 32.3 Å². The van der Waals surface area contributed by atoms with Crippen molar-refractivity contribution in [2.75, 3.05) is 6.54 Å². The number of carbonyl (C=O) groups is 1. The zero-order valence-electron chi connectivity index (χ0n) is 17.2. The largest absolute Gasteiger partial charge is 0.358 e. The van der Waals surface area contributed by atoms with E-state index in [0.717, 1.165) is 65.0 Å². The lowest BCUT2D eigenvalue weighted by Gasteiger charge is -2.34. The third-order valence-electron chi connectivity index (χ3n) is 6.17. The summed E-state index contributed by atoms with van der Waals surface area (Å²) in [6.07, 6.45) is 5.40. The molecule has 1 amide bonds. The molecule has 5 nitrogen and oxygen atoms in total. The Kier molecular flexibility index (Phi) is 4.87. The monoisotopic (exact) mass is 398 g/mol. The summed E-state index contributed by atoms with van der Waals surface area (Å²) < 4.78 is 0. The summed E-state index contributed by atoms with van der Waals surface area (Å²) in [5.41, 5.74) is 5.37. The molecule has 1 saturated heterocycles. The van der Waals surface area contributed by atoms with E-state index >= 15 is 0 Å². The Morgan fingerprint density at radius 1 is 1.07 bits per heavy atom. The van der Waals surface area contributed by atoms with Gasteiger partial charge < -0.3 is 14.9 Å². The fourth-order valence-electron chi connectivity index (χ4n) is 4.60. The average molecular weight is 399 g/mol. The van der Waals surface area contributed by atoms with Crippen LogP contribution >= 0.6 is 0 Å². The summed E-state index contributed by atoms with van der Waals surface area (Å²) in [6.45, 7) is 2.83. The molecule has 0 spiro atoms. The molecule has 4 aromatic rings. The van der Waals surface area contributed by atoms with Gasteiger partial charge in [0.15, 0.2) is 0 Å². The number of nitrogens with zero attached hydrogens (tertiary/aromatic N) is 2. The van der Waals surface area contributed by atoms with Gasteiger partial charge >= 0.3 is 0 Å². The zero-order chi connectivity index (χ0) is 20.5. The number of likely N-dealkylation sites (tertiary alicyclic amines) is 1. The SMILES string of the molecule is Cc1[nH]c2ccccc2c1CC(=O)N1CCCC[C@@H]1c1ncc(-c2ccccc2)[nH]1. The molecule has 3 heterocycles. The minimum Gasteiger partial charge on any atom is -0.358 e. The minimum atomic E-state index is 0.00854. The molecule has 0 aliphatic carbocycles. The molecule has 1 atom stereocenters. The highest BCUT2D eigenvalue weighted by molar-refractivity contribution is 5.90. The quantitative estimate of drug-likeness (QED) is 0.498. The second kappa shape index (κ2) is 7.82. The van der Waals surface area contributed by atoms with E-state index in [9.17, 15) is 4.79 Å². The lowest BCUT2D eigenvalue weighted by molar-refractivity contribution is -0.134. The minimum absolute atomic E-state index is 0.00854. The molecule has 30 heavy (non-hydrogen) atoms. The number of aromatic nitrogens is 3. The fourth-order valence-corrected chi connectivity index (χ4v) is 4.60. The molecule has 152 valence electrons. The van der Waals surface area contributed by atoms with Gasteiger partial charge in [-0.1, -0.05) is 48.5 Å².